The van der Waals surface area contributed by atoms with Gasteiger partial charge in [-0.1, -0.05) is 0 Å². The van der Waals surface area contributed by atoms with Crippen LogP contribution in [0.25, 0.3) is 0 Å². The second-order valence-corrected chi connectivity index (χ2v) is 3.36. The van der Waals surface area contributed by atoms with Crippen LogP contribution in [0, 0.1) is 13.8 Å². The van der Waals surface area contributed by atoms with Gasteiger partial charge in [0, 0.05) is 36.9 Å². The number of aromatic amines is 2. The molecule has 0 aromatic carbocycles. The van der Waals surface area contributed by atoms with Gasteiger partial charge in [0.2, 0.25) is 0 Å². The summed E-state index contributed by atoms with van der Waals surface area (Å²) in [4.78, 5) is 32.6. The first-order valence-corrected chi connectivity index (χ1v) is 5.47. The summed E-state index contributed by atoms with van der Waals surface area (Å²) in [7, 11) is 0. The maximum atomic E-state index is 9.55. The second kappa shape index (κ2) is 10.1. The van der Waals surface area contributed by atoms with E-state index in [2.05, 4.69) is 19.9 Å². The standard InChI is InChI=1S/2C4H6N2.C4H4O4/c2*1-4-5-2-3-6-4;5-3(6)1-2-4(7)8/h2*2-3H,1H3,(H,5,6);1-2H,(H,5,6)(H,7,8)/b;;2-1+. The van der Waals surface area contributed by atoms with Gasteiger partial charge in [0.05, 0.1) is 0 Å². The largest absolute Gasteiger partial charge is 0.478 e. The van der Waals surface area contributed by atoms with Crippen LogP contribution < -0.4 is 0 Å². The van der Waals surface area contributed by atoms with Crippen LogP contribution in [0.4, 0.5) is 0 Å². The SMILES string of the molecule is Cc1ncc[nH]1.Cc1ncc[nH]1.O=C(O)/C=C/C(=O)O. The van der Waals surface area contributed by atoms with E-state index in [1.807, 2.05) is 13.8 Å². The fourth-order valence-corrected chi connectivity index (χ4v) is 0.831. The molecule has 0 aliphatic rings. The van der Waals surface area contributed by atoms with E-state index in [1.165, 1.54) is 0 Å². The van der Waals surface area contributed by atoms with Crippen molar-refractivity contribution in [3.63, 3.8) is 0 Å². The monoisotopic (exact) mass is 280 g/mol. The van der Waals surface area contributed by atoms with E-state index in [9.17, 15) is 9.59 Å². The molecule has 8 heteroatoms. The summed E-state index contributed by atoms with van der Waals surface area (Å²) >= 11 is 0. The van der Waals surface area contributed by atoms with E-state index in [4.69, 9.17) is 10.2 Å². The van der Waals surface area contributed by atoms with Gasteiger partial charge in [-0.3, -0.25) is 0 Å². The zero-order valence-corrected chi connectivity index (χ0v) is 11.1. The molecule has 0 bridgehead atoms. The molecule has 4 N–H and O–H groups in total. The molecule has 2 aromatic heterocycles. The van der Waals surface area contributed by atoms with Crippen molar-refractivity contribution in [2.75, 3.05) is 0 Å². The molecular formula is C12H16N4O4. The summed E-state index contributed by atoms with van der Waals surface area (Å²) in [6, 6.07) is 0. The summed E-state index contributed by atoms with van der Waals surface area (Å²) in [5, 5.41) is 15.6. The van der Waals surface area contributed by atoms with Crippen LogP contribution in [-0.4, -0.2) is 42.1 Å². The van der Waals surface area contributed by atoms with E-state index >= 15 is 0 Å². The van der Waals surface area contributed by atoms with Crippen molar-refractivity contribution >= 4 is 11.9 Å². The number of aliphatic carboxylic acids is 2. The third-order valence-electron chi connectivity index (χ3n) is 1.64. The first-order chi connectivity index (χ1) is 9.41. The quantitative estimate of drug-likeness (QED) is 0.610. The molecule has 8 nitrogen and oxygen atoms in total. The van der Waals surface area contributed by atoms with Crippen molar-refractivity contribution < 1.29 is 19.8 Å². The molecule has 0 aliphatic carbocycles. The van der Waals surface area contributed by atoms with Crippen molar-refractivity contribution in [2.45, 2.75) is 13.8 Å². The zero-order valence-electron chi connectivity index (χ0n) is 11.1. The number of rotatable bonds is 2. The van der Waals surface area contributed by atoms with E-state index < -0.39 is 11.9 Å². The Morgan fingerprint density at radius 2 is 1.30 bits per heavy atom. The Labute approximate surface area is 115 Å². The van der Waals surface area contributed by atoms with Gasteiger partial charge in [-0.2, -0.15) is 0 Å². The third kappa shape index (κ3) is 11.6. The number of nitrogens with zero attached hydrogens (tertiary/aromatic N) is 2. The number of imidazole rings is 2. The number of H-pyrrole nitrogens is 2. The summed E-state index contributed by atoms with van der Waals surface area (Å²) in [5.41, 5.74) is 0. The molecule has 0 fully saturated rings. The molecule has 2 heterocycles. The summed E-state index contributed by atoms with van der Waals surface area (Å²) in [6.45, 7) is 3.83. The minimum absolute atomic E-state index is 0.558. The predicted octanol–water partition coefficient (Wildman–Crippen LogP) is 1.15. The highest BCUT2D eigenvalue weighted by atomic mass is 16.4. The van der Waals surface area contributed by atoms with Crippen LogP contribution >= 0.6 is 0 Å². The first-order valence-electron chi connectivity index (χ1n) is 5.47. The smallest absolute Gasteiger partial charge is 0.328 e. The Hall–Kier alpha value is -2.90. The van der Waals surface area contributed by atoms with E-state index in [0.717, 1.165) is 11.6 Å². The zero-order chi connectivity index (χ0) is 15.4. The summed E-state index contributed by atoms with van der Waals surface area (Å²) < 4.78 is 0. The molecule has 0 amide bonds. The Morgan fingerprint density at radius 3 is 1.40 bits per heavy atom. The van der Waals surface area contributed by atoms with Crippen LogP contribution in [0.3, 0.4) is 0 Å². The number of carbonyl (C=O) groups is 2. The van der Waals surface area contributed by atoms with E-state index in [0.29, 0.717) is 12.2 Å². The molecule has 0 unspecified atom stereocenters. The van der Waals surface area contributed by atoms with Gasteiger partial charge in [0.25, 0.3) is 0 Å². The molecule has 108 valence electrons. The molecule has 2 rings (SSSR count). The highest BCUT2D eigenvalue weighted by Crippen LogP contribution is 1.79. The normalized spacial score (nSPS) is 9.10. The average molecular weight is 280 g/mol. The number of aromatic nitrogens is 4. The van der Waals surface area contributed by atoms with Crippen molar-refractivity contribution in [3.05, 3.63) is 48.6 Å². The van der Waals surface area contributed by atoms with Gasteiger partial charge >= 0.3 is 11.9 Å². The lowest BCUT2D eigenvalue weighted by Crippen LogP contribution is -1.91. The lowest BCUT2D eigenvalue weighted by molar-refractivity contribution is -0.134. The van der Waals surface area contributed by atoms with E-state index in [-0.39, 0.29) is 0 Å². The third-order valence-corrected chi connectivity index (χ3v) is 1.64. The molecular weight excluding hydrogens is 264 g/mol. The average Bonchev–Trinajstić information content (AvgIpc) is 3.02. The Bertz CT molecular complexity index is 469. The summed E-state index contributed by atoms with van der Waals surface area (Å²) in [6.07, 6.45) is 8.18. The highest BCUT2D eigenvalue weighted by Gasteiger charge is 1.88. The van der Waals surface area contributed by atoms with Gasteiger partial charge in [0.1, 0.15) is 11.6 Å². The minimum Gasteiger partial charge on any atom is -0.478 e. The van der Waals surface area contributed by atoms with Crippen molar-refractivity contribution in [1.82, 2.24) is 19.9 Å². The minimum atomic E-state index is -1.26. The highest BCUT2D eigenvalue weighted by molar-refractivity contribution is 5.89. The fourth-order valence-electron chi connectivity index (χ4n) is 0.831. The van der Waals surface area contributed by atoms with Crippen LogP contribution in [0.2, 0.25) is 0 Å². The Morgan fingerprint density at radius 1 is 0.950 bits per heavy atom. The van der Waals surface area contributed by atoms with Gasteiger partial charge in [0.15, 0.2) is 0 Å². The van der Waals surface area contributed by atoms with Crippen molar-refractivity contribution in [2.24, 2.45) is 0 Å². The lowest BCUT2D eigenvalue weighted by Gasteiger charge is -1.74. The fraction of sp³-hybridized carbons (Fsp3) is 0.167. The number of carboxylic acids is 2. The van der Waals surface area contributed by atoms with Crippen molar-refractivity contribution in [3.8, 4) is 0 Å². The Kier molecular flexibility index (Phi) is 8.60. The van der Waals surface area contributed by atoms with Crippen LogP contribution in [0.5, 0.6) is 0 Å². The number of aryl methyl sites for hydroxylation is 2. The molecule has 0 saturated carbocycles. The van der Waals surface area contributed by atoms with Crippen LogP contribution in [-0.2, 0) is 9.59 Å². The van der Waals surface area contributed by atoms with E-state index in [1.54, 1.807) is 24.8 Å². The van der Waals surface area contributed by atoms with Crippen LogP contribution in [0.15, 0.2) is 36.9 Å². The Balaban J connectivity index is 0.000000274. The second-order valence-electron chi connectivity index (χ2n) is 3.36. The van der Waals surface area contributed by atoms with Gasteiger partial charge in [-0.05, 0) is 13.8 Å². The summed E-state index contributed by atoms with van der Waals surface area (Å²) in [5.74, 6) is -0.579. The number of nitrogens with one attached hydrogen (secondary N) is 2. The number of hydrogen-bond acceptors (Lipinski definition) is 4. The van der Waals surface area contributed by atoms with Gasteiger partial charge < -0.3 is 20.2 Å². The number of hydrogen-bond donors (Lipinski definition) is 4. The van der Waals surface area contributed by atoms with Gasteiger partial charge in [-0.25, -0.2) is 19.6 Å². The molecule has 0 aliphatic heterocycles. The van der Waals surface area contributed by atoms with Gasteiger partial charge in [-0.15, -0.1) is 0 Å². The van der Waals surface area contributed by atoms with Crippen molar-refractivity contribution in [1.29, 1.82) is 0 Å². The molecule has 20 heavy (non-hydrogen) atoms. The lowest BCUT2D eigenvalue weighted by atomic mass is 10.5. The molecule has 0 atom stereocenters. The molecule has 0 radical (unpaired) electrons. The maximum Gasteiger partial charge on any atom is 0.328 e. The number of carboxylic acid groups (broad SMARTS) is 2. The topological polar surface area (TPSA) is 132 Å². The molecule has 2 aromatic rings. The predicted molar refractivity (Wildman–Crippen MR) is 71.1 cm³/mol. The maximum absolute atomic E-state index is 9.55. The first kappa shape index (κ1) is 17.1. The molecule has 0 saturated heterocycles. The molecule has 0 spiro atoms. The van der Waals surface area contributed by atoms with Crippen LogP contribution in [0.1, 0.15) is 11.6 Å².